The van der Waals surface area contributed by atoms with Crippen LogP contribution in [0.4, 0.5) is 11.5 Å². The third-order valence-electron chi connectivity index (χ3n) is 6.82. The zero-order chi connectivity index (χ0) is 23.7. The van der Waals surface area contributed by atoms with E-state index in [9.17, 15) is 4.79 Å². The average molecular weight is 466 g/mol. The van der Waals surface area contributed by atoms with Gasteiger partial charge in [-0.1, -0.05) is 0 Å². The minimum Gasteiger partial charge on any atom is -0.493 e. The summed E-state index contributed by atoms with van der Waals surface area (Å²) in [6.45, 7) is 1.49. The fraction of sp³-hybridized carbons (Fsp3) is 0.480. The standard InChI is InChI=1S/C25H31N5O4/c1-32-20-13-17(14-21(33-2)23(20)34-3)27-25(31)16-7-6-11-29(15-16)24-22-18-8-4-5-9-19(18)28-30(22)12-10-26-24/h10,12-14,16H,4-9,11,15H2,1-3H3,(H,27,31)/t16-/m1/s1. The molecule has 0 radical (unpaired) electrons. The Bertz CT molecular complexity index is 1180. The summed E-state index contributed by atoms with van der Waals surface area (Å²) in [6, 6.07) is 3.50. The minimum absolute atomic E-state index is 0.0264. The third kappa shape index (κ3) is 3.99. The summed E-state index contributed by atoms with van der Waals surface area (Å²) in [5.41, 5.74) is 4.22. The Balaban J connectivity index is 1.37. The largest absolute Gasteiger partial charge is 0.493 e. The maximum Gasteiger partial charge on any atom is 0.229 e. The molecule has 0 bridgehead atoms. The number of amides is 1. The van der Waals surface area contributed by atoms with Crippen LogP contribution in [0.2, 0.25) is 0 Å². The summed E-state index contributed by atoms with van der Waals surface area (Å²) in [5, 5.41) is 7.85. The van der Waals surface area contributed by atoms with Gasteiger partial charge in [-0.3, -0.25) is 4.79 Å². The molecule has 3 heterocycles. The first-order valence-corrected chi connectivity index (χ1v) is 11.8. The Morgan fingerprint density at radius 3 is 2.56 bits per heavy atom. The molecule has 9 nitrogen and oxygen atoms in total. The van der Waals surface area contributed by atoms with E-state index in [1.807, 2.05) is 10.7 Å². The number of anilines is 2. The molecule has 0 spiro atoms. The van der Waals surface area contributed by atoms with E-state index < -0.39 is 0 Å². The Kier molecular flexibility index (Phi) is 6.17. The molecule has 1 aromatic carbocycles. The monoisotopic (exact) mass is 465 g/mol. The van der Waals surface area contributed by atoms with Gasteiger partial charge in [-0.2, -0.15) is 5.10 Å². The predicted octanol–water partition coefficient (Wildman–Crippen LogP) is 3.49. The zero-order valence-electron chi connectivity index (χ0n) is 20.0. The second-order valence-electron chi connectivity index (χ2n) is 8.86. The van der Waals surface area contributed by atoms with Crippen molar-refractivity contribution in [1.29, 1.82) is 0 Å². The highest BCUT2D eigenvalue weighted by Crippen LogP contribution is 2.40. The molecule has 1 N–H and O–H groups in total. The van der Waals surface area contributed by atoms with Gasteiger partial charge in [-0.15, -0.1) is 0 Å². The summed E-state index contributed by atoms with van der Waals surface area (Å²) in [4.78, 5) is 20.2. The van der Waals surface area contributed by atoms with Gasteiger partial charge in [0.25, 0.3) is 0 Å². The normalized spacial score (nSPS) is 17.9. The molecule has 1 aliphatic carbocycles. The van der Waals surface area contributed by atoms with Gasteiger partial charge in [-0.25, -0.2) is 9.50 Å². The number of hydrogen-bond donors (Lipinski definition) is 1. The van der Waals surface area contributed by atoms with E-state index in [2.05, 4.69) is 10.2 Å². The van der Waals surface area contributed by atoms with Crippen LogP contribution in [0.5, 0.6) is 17.2 Å². The molecule has 1 atom stereocenters. The summed E-state index contributed by atoms with van der Waals surface area (Å²) in [7, 11) is 4.68. The van der Waals surface area contributed by atoms with Crippen LogP contribution < -0.4 is 24.4 Å². The highest BCUT2D eigenvalue weighted by molar-refractivity contribution is 5.94. The Morgan fingerprint density at radius 1 is 1.06 bits per heavy atom. The van der Waals surface area contributed by atoms with Crippen molar-refractivity contribution in [2.24, 2.45) is 5.92 Å². The Labute approximate surface area is 199 Å². The molecule has 2 aliphatic rings. The molecule has 2 aromatic heterocycles. The molecule has 1 amide bonds. The number of hydrogen-bond acceptors (Lipinski definition) is 7. The Hall–Kier alpha value is -3.49. The quantitative estimate of drug-likeness (QED) is 0.596. The highest BCUT2D eigenvalue weighted by Gasteiger charge is 2.30. The number of carbonyl (C=O) groups excluding carboxylic acids is 1. The molecule has 1 fully saturated rings. The van der Waals surface area contributed by atoms with E-state index in [1.165, 1.54) is 24.1 Å². The molecule has 0 saturated carbocycles. The average Bonchev–Trinajstić information content (AvgIpc) is 3.27. The SMILES string of the molecule is COc1cc(NC(=O)[C@@H]2CCCN(c3nccn4nc5c(c34)CCCC5)C2)cc(OC)c1OC. The van der Waals surface area contributed by atoms with Crippen LogP contribution in [0.1, 0.15) is 36.9 Å². The van der Waals surface area contributed by atoms with Crippen molar-refractivity contribution >= 4 is 22.9 Å². The van der Waals surface area contributed by atoms with E-state index in [0.29, 0.717) is 29.5 Å². The molecule has 1 saturated heterocycles. The number of ether oxygens (including phenoxy) is 3. The number of fused-ring (bicyclic) bond motifs is 3. The lowest BCUT2D eigenvalue weighted by molar-refractivity contribution is -0.120. The first kappa shape index (κ1) is 22.3. The number of carbonyl (C=O) groups is 1. The van der Waals surface area contributed by atoms with E-state index >= 15 is 0 Å². The summed E-state index contributed by atoms with van der Waals surface area (Å²) in [5.74, 6) is 2.25. The minimum atomic E-state index is -0.159. The summed E-state index contributed by atoms with van der Waals surface area (Å²) < 4.78 is 18.2. The van der Waals surface area contributed by atoms with Crippen LogP contribution in [0.25, 0.3) is 5.52 Å². The molecule has 1 aliphatic heterocycles. The van der Waals surface area contributed by atoms with Gasteiger partial charge in [-0.05, 0) is 38.5 Å². The number of nitrogens with zero attached hydrogens (tertiary/aromatic N) is 4. The van der Waals surface area contributed by atoms with Crippen molar-refractivity contribution in [2.75, 3.05) is 44.6 Å². The molecule has 9 heteroatoms. The zero-order valence-corrected chi connectivity index (χ0v) is 20.0. The number of aryl methyl sites for hydroxylation is 2. The molecule has 5 rings (SSSR count). The van der Waals surface area contributed by atoms with Crippen molar-refractivity contribution in [3.05, 3.63) is 35.8 Å². The van der Waals surface area contributed by atoms with Crippen LogP contribution in [0.3, 0.4) is 0 Å². The first-order chi connectivity index (χ1) is 16.6. The van der Waals surface area contributed by atoms with E-state index in [0.717, 1.165) is 43.6 Å². The Morgan fingerprint density at radius 2 is 1.82 bits per heavy atom. The summed E-state index contributed by atoms with van der Waals surface area (Å²) >= 11 is 0. The third-order valence-corrected chi connectivity index (χ3v) is 6.82. The molecule has 3 aromatic rings. The molecule has 180 valence electrons. The smallest absolute Gasteiger partial charge is 0.229 e. The number of benzene rings is 1. The van der Waals surface area contributed by atoms with Gasteiger partial charge in [0, 0.05) is 48.9 Å². The van der Waals surface area contributed by atoms with E-state index in [1.54, 1.807) is 39.7 Å². The van der Waals surface area contributed by atoms with Gasteiger partial charge < -0.3 is 24.4 Å². The lowest BCUT2D eigenvalue weighted by Crippen LogP contribution is -2.41. The fourth-order valence-electron chi connectivity index (χ4n) is 5.16. The highest BCUT2D eigenvalue weighted by atomic mass is 16.5. The van der Waals surface area contributed by atoms with Crippen LogP contribution in [-0.4, -0.2) is 54.9 Å². The first-order valence-electron chi connectivity index (χ1n) is 11.8. The van der Waals surface area contributed by atoms with Crippen molar-refractivity contribution in [1.82, 2.24) is 14.6 Å². The van der Waals surface area contributed by atoms with E-state index in [4.69, 9.17) is 24.3 Å². The van der Waals surface area contributed by atoms with Gasteiger partial charge >= 0.3 is 0 Å². The number of methoxy groups -OCH3 is 3. The maximum atomic E-state index is 13.3. The lowest BCUT2D eigenvalue weighted by Gasteiger charge is -2.33. The van der Waals surface area contributed by atoms with Crippen LogP contribution in [0, 0.1) is 5.92 Å². The molecule has 0 unspecified atom stereocenters. The molecular weight excluding hydrogens is 434 g/mol. The van der Waals surface area contributed by atoms with Gasteiger partial charge in [0.15, 0.2) is 17.3 Å². The topological polar surface area (TPSA) is 90.2 Å². The molecular formula is C25H31N5O4. The van der Waals surface area contributed by atoms with Gasteiger partial charge in [0.2, 0.25) is 11.7 Å². The van der Waals surface area contributed by atoms with E-state index in [-0.39, 0.29) is 11.8 Å². The van der Waals surface area contributed by atoms with Gasteiger partial charge in [0.05, 0.1) is 32.9 Å². The number of aromatic nitrogens is 3. The van der Waals surface area contributed by atoms with Crippen molar-refractivity contribution in [2.45, 2.75) is 38.5 Å². The van der Waals surface area contributed by atoms with Crippen LogP contribution >= 0.6 is 0 Å². The second-order valence-corrected chi connectivity index (χ2v) is 8.86. The molecule has 34 heavy (non-hydrogen) atoms. The van der Waals surface area contributed by atoms with Gasteiger partial charge in [0.1, 0.15) is 5.52 Å². The van der Waals surface area contributed by atoms with Crippen molar-refractivity contribution in [3.63, 3.8) is 0 Å². The van der Waals surface area contributed by atoms with Crippen LogP contribution in [0.15, 0.2) is 24.5 Å². The number of nitrogens with one attached hydrogen (secondary N) is 1. The van der Waals surface area contributed by atoms with Crippen molar-refractivity contribution in [3.8, 4) is 17.2 Å². The fourth-order valence-corrected chi connectivity index (χ4v) is 5.16. The second kappa shape index (κ2) is 9.40. The van der Waals surface area contributed by atoms with Crippen molar-refractivity contribution < 1.29 is 19.0 Å². The van der Waals surface area contributed by atoms with Crippen LogP contribution in [-0.2, 0) is 17.6 Å². The number of piperidine rings is 1. The maximum absolute atomic E-state index is 13.3. The summed E-state index contributed by atoms with van der Waals surface area (Å²) in [6.07, 6.45) is 9.91. The number of rotatable bonds is 6. The predicted molar refractivity (Wildman–Crippen MR) is 129 cm³/mol. The lowest BCUT2D eigenvalue weighted by atomic mass is 9.95.